The fraction of sp³-hybridized carbons (Fsp3) is 0. The quantitative estimate of drug-likeness (QED) is 0.188. The van der Waals surface area contributed by atoms with Gasteiger partial charge in [0.2, 0.25) is 0 Å². The van der Waals surface area contributed by atoms with Crippen LogP contribution in [0.1, 0.15) is 0 Å². The highest BCUT2D eigenvalue weighted by molar-refractivity contribution is 7.26. The van der Waals surface area contributed by atoms with Gasteiger partial charge in [0.25, 0.3) is 0 Å². The lowest BCUT2D eigenvalue weighted by atomic mass is 10.0. The molecule has 4 heteroatoms. The summed E-state index contributed by atoms with van der Waals surface area (Å²) in [5.74, 6) is 0. The van der Waals surface area contributed by atoms with E-state index in [1.165, 1.54) is 41.8 Å². The third-order valence-corrected chi connectivity index (χ3v) is 11.3. The van der Waals surface area contributed by atoms with Crippen molar-refractivity contribution in [1.82, 2.24) is 4.57 Å². The van der Waals surface area contributed by atoms with Crippen molar-refractivity contribution in [3.05, 3.63) is 170 Å². The van der Waals surface area contributed by atoms with Gasteiger partial charge in [0.05, 0.1) is 32.5 Å². The molecule has 0 aliphatic heterocycles. The summed E-state index contributed by atoms with van der Waals surface area (Å²) in [6.07, 6.45) is 0. The highest BCUT2D eigenvalue weighted by atomic mass is 32.1. The summed E-state index contributed by atoms with van der Waals surface area (Å²) in [5, 5.41) is 9.55. The first kappa shape index (κ1) is 27.6. The van der Waals surface area contributed by atoms with Gasteiger partial charge in [0, 0.05) is 48.4 Å². The van der Waals surface area contributed by atoms with E-state index >= 15 is 0 Å². The second-order valence-electron chi connectivity index (χ2n) is 12.9. The summed E-state index contributed by atoms with van der Waals surface area (Å²) >= 11 is 1.86. The minimum Gasteiger partial charge on any atom is -0.456 e. The Hall–Kier alpha value is -6.36. The summed E-state index contributed by atoms with van der Waals surface area (Å²) in [7, 11) is 0. The van der Waals surface area contributed by atoms with Crippen molar-refractivity contribution in [2.24, 2.45) is 0 Å². The summed E-state index contributed by atoms with van der Waals surface area (Å²) in [5.41, 5.74) is 8.62. The highest BCUT2D eigenvalue weighted by Gasteiger charge is 2.26. The molecular formula is C46H28N2OS. The zero-order chi connectivity index (χ0) is 32.8. The lowest BCUT2D eigenvalue weighted by molar-refractivity contribution is 0.669. The monoisotopic (exact) mass is 656 g/mol. The maximum absolute atomic E-state index is 6.62. The number of benzene rings is 8. The lowest BCUT2D eigenvalue weighted by Crippen LogP contribution is -2.11. The fourth-order valence-electron chi connectivity index (χ4n) is 8.01. The van der Waals surface area contributed by atoms with Crippen LogP contribution in [0.25, 0.3) is 80.4 Å². The van der Waals surface area contributed by atoms with Crippen molar-refractivity contribution in [2.75, 3.05) is 4.90 Å². The number of anilines is 3. The normalized spacial score (nSPS) is 12.0. The molecule has 0 unspecified atom stereocenters. The van der Waals surface area contributed by atoms with Crippen LogP contribution in [0.2, 0.25) is 0 Å². The number of fused-ring (bicyclic) bond motifs is 10. The minimum absolute atomic E-state index is 0.882. The SMILES string of the molecule is c1ccc(-n2c3ccccc3c3ccc(N(c4cccc5c4sc4ccccc45)c4c5ccccc5cc5oc6ccccc6c45)cc32)cc1. The molecule has 0 aliphatic carbocycles. The maximum Gasteiger partial charge on any atom is 0.138 e. The van der Waals surface area contributed by atoms with E-state index in [-0.39, 0.29) is 0 Å². The van der Waals surface area contributed by atoms with E-state index in [0.717, 1.165) is 55.6 Å². The van der Waals surface area contributed by atoms with Crippen LogP contribution in [0.15, 0.2) is 174 Å². The van der Waals surface area contributed by atoms with Gasteiger partial charge in [-0.15, -0.1) is 11.3 Å². The van der Waals surface area contributed by atoms with Crippen molar-refractivity contribution in [1.29, 1.82) is 0 Å². The maximum atomic E-state index is 6.62. The van der Waals surface area contributed by atoms with E-state index in [1.807, 2.05) is 11.3 Å². The number of hydrogen-bond donors (Lipinski definition) is 0. The Morgan fingerprint density at radius 3 is 2.08 bits per heavy atom. The second kappa shape index (κ2) is 10.6. The van der Waals surface area contributed by atoms with Gasteiger partial charge in [-0.2, -0.15) is 0 Å². The molecule has 0 saturated heterocycles. The average molecular weight is 657 g/mol. The molecule has 8 aromatic carbocycles. The smallest absolute Gasteiger partial charge is 0.138 e. The Morgan fingerprint density at radius 2 is 1.18 bits per heavy atom. The molecule has 0 amide bonds. The molecule has 0 N–H and O–H groups in total. The minimum atomic E-state index is 0.882. The molecule has 0 saturated carbocycles. The van der Waals surface area contributed by atoms with Gasteiger partial charge in [-0.25, -0.2) is 0 Å². The molecule has 0 bridgehead atoms. The van der Waals surface area contributed by atoms with Gasteiger partial charge in [0.1, 0.15) is 11.2 Å². The first-order valence-corrected chi connectivity index (χ1v) is 17.8. The summed E-state index contributed by atoms with van der Waals surface area (Å²) in [6.45, 7) is 0. The van der Waals surface area contributed by atoms with Crippen molar-refractivity contribution < 1.29 is 4.42 Å². The van der Waals surface area contributed by atoms with Gasteiger partial charge < -0.3 is 13.9 Å². The van der Waals surface area contributed by atoms with Crippen LogP contribution >= 0.6 is 11.3 Å². The van der Waals surface area contributed by atoms with Crippen LogP contribution in [0, 0.1) is 0 Å². The number of nitrogens with zero attached hydrogens (tertiary/aromatic N) is 2. The molecule has 234 valence electrons. The zero-order valence-electron chi connectivity index (χ0n) is 26.9. The highest BCUT2D eigenvalue weighted by Crippen LogP contribution is 2.51. The number of thiophene rings is 1. The standard InChI is InChI=1S/C46H28N2OS/c1-2-14-30(15-3-1)47-38-21-9-6-17-33(38)34-26-25-31(28-40(34)47)48(39-22-12-20-36-35-18-8-11-24-43(35)50-46(36)39)45-32-16-5-4-13-29(32)27-42-44(45)37-19-7-10-23-41(37)49-42/h1-28H. The predicted octanol–water partition coefficient (Wildman–Crippen LogP) is 13.7. The van der Waals surface area contributed by atoms with E-state index in [9.17, 15) is 0 Å². The number of para-hydroxylation sites is 3. The Kier molecular flexibility index (Phi) is 5.83. The van der Waals surface area contributed by atoms with E-state index in [2.05, 4.69) is 179 Å². The summed E-state index contributed by atoms with van der Waals surface area (Å²) in [4.78, 5) is 2.50. The van der Waals surface area contributed by atoms with Crippen LogP contribution in [0.4, 0.5) is 17.1 Å². The van der Waals surface area contributed by atoms with E-state index < -0.39 is 0 Å². The van der Waals surface area contributed by atoms with Crippen molar-refractivity contribution in [3.8, 4) is 5.69 Å². The molecule has 50 heavy (non-hydrogen) atoms. The van der Waals surface area contributed by atoms with Crippen molar-refractivity contribution >= 4 is 103 Å². The number of furan rings is 1. The topological polar surface area (TPSA) is 21.3 Å². The Bertz CT molecular complexity index is 3110. The Morgan fingerprint density at radius 1 is 0.480 bits per heavy atom. The van der Waals surface area contributed by atoms with Crippen LogP contribution < -0.4 is 4.90 Å². The molecule has 0 fully saturated rings. The van der Waals surface area contributed by atoms with Gasteiger partial charge in [-0.3, -0.25) is 0 Å². The molecular weight excluding hydrogens is 629 g/mol. The van der Waals surface area contributed by atoms with Crippen LogP contribution in [-0.4, -0.2) is 4.57 Å². The third kappa shape index (κ3) is 3.91. The molecule has 3 nitrogen and oxygen atoms in total. The second-order valence-corrected chi connectivity index (χ2v) is 13.9. The van der Waals surface area contributed by atoms with Crippen molar-refractivity contribution in [3.63, 3.8) is 0 Å². The number of hydrogen-bond acceptors (Lipinski definition) is 3. The molecule has 0 aliphatic rings. The van der Waals surface area contributed by atoms with Crippen LogP contribution in [0.3, 0.4) is 0 Å². The first-order valence-electron chi connectivity index (χ1n) is 16.9. The van der Waals surface area contributed by atoms with Crippen molar-refractivity contribution in [2.45, 2.75) is 0 Å². The fourth-order valence-corrected chi connectivity index (χ4v) is 9.21. The third-order valence-electron chi connectivity index (χ3n) is 10.1. The molecule has 11 rings (SSSR count). The number of rotatable bonds is 4. The van der Waals surface area contributed by atoms with Crippen LogP contribution in [0.5, 0.6) is 0 Å². The molecule has 11 aromatic rings. The van der Waals surface area contributed by atoms with Gasteiger partial charge in [0.15, 0.2) is 0 Å². The molecule has 0 atom stereocenters. The molecule has 0 radical (unpaired) electrons. The first-order chi connectivity index (χ1) is 24.8. The molecule has 3 heterocycles. The zero-order valence-corrected chi connectivity index (χ0v) is 27.7. The summed E-state index contributed by atoms with van der Waals surface area (Å²) < 4.78 is 11.6. The van der Waals surface area contributed by atoms with Gasteiger partial charge in [-0.05, 0) is 60.0 Å². The Balaban J connectivity index is 1.32. The largest absolute Gasteiger partial charge is 0.456 e. The van der Waals surface area contributed by atoms with E-state index in [0.29, 0.717) is 0 Å². The summed E-state index contributed by atoms with van der Waals surface area (Å²) in [6, 6.07) is 61.2. The predicted molar refractivity (Wildman–Crippen MR) is 213 cm³/mol. The molecule has 0 spiro atoms. The lowest BCUT2D eigenvalue weighted by Gasteiger charge is -2.28. The average Bonchev–Trinajstić information content (AvgIpc) is 3.84. The van der Waals surface area contributed by atoms with E-state index in [4.69, 9.17) is 4.42 Å². The number of aromatic nitrogens is 1. The Labute approximate surface area is 291 Å². The van der Waals surface area contributed by atoms with Gasteiger partial charge >= 0.3 is 0 Å². The van der Waals surface area contributed by atoms with Gasteiger partial charge in [-0.1, -0.05) is 115 Å². The van der Waals surface area contributed by atoms with E-state index in [1.54, 1.807) is 0 Å². The van der Waals surface area contributed by atoms with Crippen LogP contribution in [-0.2, 0) is 0 Å². The molecule has 3 aromatic heterocycles.